The summed E-state index contributed by atoms with van der Waals surface area (Å²) < 4.78 is 71.3. The summed E-state index contributed by atoms with van der Waals surface area (Å²) in [4.78, 5) is 16.3. The molecule has 2 heterocycles. The van der Waals surface area contributed by atoms with E-state index in [9.17, 15) is 36.6 Å². The predicted octanol–water partition coefficient (Wildman–Crippen LogP) is 4.24. The molecular weight excluding hydrogens is 637 g/mol. The van der Waals surface area contributed by atoms with E-state index < -0.39 is 46.2 Å². The zero-order chi connectivity index (χ0) is 34.5. The number of phenols is 1. The average molecular weight is 679 g/mol. The van der Waals surface area contributed by atoms with Crippen molar-refractivity contribution in [2.75, 3.05) is 56.4 Å². The number of sulfone groups is 1. The van der Waals surface area contributed by atoms with E-state index in [2.05, 4.69) is 22.1 Å². The molecule has 1 saturated heterocycles. The van der Waals surface area contributed by atoms with Crippen molar-refractivity contribution in [3.8, 4) is 17.6 Å². The molecule has 0 bridgehead atoms. The summed E-state index contributed by atoms with van der Waals surface area (Å²) in [6, 6.07) is 10.4. The molecule has 10 nitrogen and oxygen atoms in total. The van der Waals surface area contributed by atoms with E-state index in [0.717, 1.165) is 42.8 Å². The number of nitrogens with zero attached hydrogens (tertiary/aromatic N) is 3. The number of hydrogen-bond donors (Lipinski definition) is 3. The number of aliphatic hydroxyl groups is 1. The minimum Gasteiger partial charge on any atom is -0.506 e. The van der Waals surface area contributed by atoms with Gasteiger partial charge in [0.15, 0.2) is 9.84 Å². The third kappa shape index (κ3) is 9.41. The van der Waals surface area contributed by atoms with Crippen LogP contribution in [0.3, 0.4) is 0 Å². The molecule has 1 unspecified atom stereocenters. The number of hydrogen-bond acceptors (Lipinski definition) is 8. The van der Waals surface area contributed by atoms with Gasteiger partial charge in [0.25, 0.3) is 0 Å². The van der Waals surface area contributed by atoms with E-state index in [4.69, 9.17) is 4.74 Å². The molecule has 1 atom stereocenters. The summed E-state index contributed by atoms with van der Waals surface area (Å²) in [6.45, 7) is 4.02. The van der Waals surface area contributed by atoms with Crippen molar-refractivity contribution in [1.29, 1.82) is 0 Å². The zero-order valence-electron chi connectivity index (χ0n) is 26.8. The molecule has 1 fully saturated rings. The van der Waals surface area contributed by atoms with Gasteiger partial charge in [0, 0.05) is 62.1 Å². The molecular formula is C33H41F3N4O6S. The Bertz CT molecular complexity index is 1740. The van der Waals surface area contributed by atoms with Crippen LogP contribution in [0.2, 0.25) is 0 Å². The topological polar surface area (TPSA) is 124 Å². The van der Waals surface area contributed by atoms with Crippen molar-refractivity contribution in [2.24, 2.45) is 5.92 Å². The third-order valence-corrected chi connectivity index (χ3v) is 9.05. The number of benzene rings is 2. The third-order valence-electron chi connectivity index (χ3n) is 7.94. The van der Waals surface area contributed by atoms with Crippen LogP contribution in [-0.4, -0.2) is 98.5 Å². The van der Waals surface area contributed by atoms with Gasteiger partial charge in [-0.2, -0.15) is 13.2 Å². The average Bonchev–Trinajstić information content (AvgIpc) is 3.32. The molecule has 47 heavy (non-hydrogen) atoms. The molecule has 3 aromatic rings. The number of ether oxygens (including phenoxy) is 1. The van der Waals surface area contributed by atoms with Crippen molar-refractivity contribution >= 4 is 38.0 Å². The Balaban J connectivity index is 1.62. The molecule has 0 aliphatic carbocycles. The maximum Gasteiger partial charge on any atom is 0.406 e. The van der Waals surface area contributed by atoms with E-state index in [-0.39, 0.29) is 35.5 Å². The Morgan fingerprint density at radius 1 is 1.17 bits per heavy atom. The van der Waals surface area contributed by atoms with Gasteiger partial charge < -0.3 is 29.7 Å². The SMILES string of the molecule is COCC(O)CN1CCC(Nc2cccc3c2cc(C#CCN(C(=O)C(C)C)c2ccc(S(C)(=O)=O)cc2O)n3CC(F)(F)F)CC1. The predicted molar refractivity (Wildman–Crippen MR) is 174 cm³/mol. The quantitative estimate of drug-likeness (QED) is 0.258. The highest BCUT2D eigenvalue weighted by atomic mass is 32.2. The smallest absolute Gasteiger partial charge is 0.406 e. The summed E-state index contributed by atoms with van der Waals surface area (Å²) in [5.74, 6) is 4.25. The summed E-state index contributed by atoms with van der Waals surface area (Å²) in [7, 11) is -2.08. The summed E-state index contributed by atoms with van der Waals surface area (Å²) in [5.41, 5.74) is 1.16. The minimum absolute atomic E-state index is 0.0342. The van der Waals surface area contributed by atoms with E-state index in [1.54, 1.807) is 32.0 Å². The standard InChI is InChI=1S/C33H41F3N4O6S/c1-22(2)32(43)39(30-11-10-26(18-31(30)42)47(4,44)45)14-6-7-24-17-27-28(8-5-9-29(27)40(24)21-33(34,35)36)37-23-12-15-38(16-13-23)19-25(41)20-46-3/h5,8-11,17-18,22-23,25,37,41-42H,12-16,19-21H2,1-4H3. The Labute approximate surface area is 273 Å². The molecule has 256 valence electrons. The Morgan fingerprint density at radius 2 is 1.87 bits per heavy atom. The lowest BCUT2D eigenvalue weighted by Crippen LogP contribution is -2.43. The Kier molecular flexibility index (Phi) is 11.5. The monoisotopic (exact) mass is 678 g/mol. The first-order chi connectivity index (χ1) is 22.1. The number of fused-ring (bicyclic) bond motifs is 1. The molecule has 1 aromatic heterocycles. The molecule has 4 rings (SSSR count). The number of nitrogens with one attached hydrogen (secondary N) is 1. The van der Waals surface area contributed by atoms with Gasteiger partial charge in [-0.3, -0.25) is 9.69 Å². The first kappa shape index (κ1) is 36.1. The van der Waals surface area contributed by atoms with Crippen molar-refractivity contribution in [3.05, 3.63) is 48.2 Å². The number of piperidine rings is 1. The summed E-state index contributed by atoms with van der Waals surface area (Å²) in [6.07, 6.45) is -2.55. The fourth-order valence-corrected chi connectivity index (χ4v) is 6.29. The van der Waals surface area contributed by atoms with Crippen LogP contribution in [0.15, 0.2) is 47.4 Å². The van der Waals surface area contributed by atoms with Crippen molar-refractivity contribution in [3.63, 3.8) is 0 Å². The number of alkyl halides is 3. The van der Waals surface area contributed by atoms with Crippen LogP contribution in [0.5, 0.6) is 5.75 Å². The molecule has 14 heteroatoms. The zero-order valence-corrected chi connectivity index (χ0v) is 27.7. The van der Waals surface area contributed by atoms with Gasteiger partial charge in [-0.05, 0) is 49.1 Å². The van der Waals surface area contributed by atoms with Crippen molar-refractivity contribution in [2.45, 2.75) is 56.5 Å². The summed E-state index contributed by atoms with van der Waals surface area (Å²) in [5, 5.41) is 24.7. The van der Waals surface area contributed by atoms with Crippen molar-refractivity contribution in [1.82, 2.24) is 9.47 Å². The lowest BCUT2D eigenvalue weighted by atomic mass is 10.0. The number of phenolic OH excluding ortho intramolecular Hbond substituents is 1. The number of likely N-dealkylation sites (tertiary alicyclic amines) is 1. The highest BCUT2D eigenvalue weighted by Gasteiger charge is 2.30. The first-order valence-corrected chi connectivity index (χ1v) is 17.1. The Morgan fingerprint density at radius 3 is 2.47 bits per heavy atom. The van der Waals surface area contributed by atoms with Crippen molar-refractivity contribution < 1.29 is 41.3 Å². The van der Waals surface area contributed by atoms with Crippen LogP contribution in [0.1, 0.15) is 32.4 Å². The van der Waals surface area contributed by atoms with E-state index in [1.165, 1.54) is 24.1 Å². The molecule has 0 spiro atoms. The number of aromatic nitrogens is 1. The lowest BCUT2D eigenvalue weighted by molar-refractivity contribution is -0.140. The number of carbonyl (C=O) groups is 1. The van der Waals surface area contributed by atoms with Gasteiger partial charge in [-0.15, -0.1) is 0 Å². The highest BCUT2D eigenvalue weighted by molar-refractivity contribution is 7.90. The van der Waals surface area contributed by atoms with Crippen LogP contribution < -0.4 is 10.2 Å². The second-order valence-corrected chi connectivity index (χ2v) is 14.1. The number of methoxy groups -OCH3 is 1. The number of halogens is 3. The number of rotatable bonds is 11. The minimum atomic E-state index is -4.53. The van der Waals surface area contributed by atoms with E-state index in [0.29, 0.717) is 23.1 Å². The van der Waals surface area contributed by atoms with Gasteiger partial charge in [0.2, 0.25) is 5.91 Å². The van der Waals surface area contributed by atoms with Gasteiger partial charge in [-0.1, -0.05) is 25.8 Å². The number of aliphatic hydroxyl groups excluding tert-OH is 1. The second kappa shape index (κ2) is 15.0. The molecule has 1 aliphatic heterocycles. The molecule has 2 aromatic carbocycles. The maximum absolute atomic E-state index is 13.8. The van der Waals surface area contributed by atoms with Crippen LogP contribution in [0.4, 0.5) is 24.5 Å². The normalized spacial score (nSPS) is 15.4. The highest BCUT2D eigenvalue weighted by Crippen LogP contribution is 2.33. The fourth-order valence-electron chi connectivity index (χ4n) is 5.65. The van der Waals surface area contributed by atoms with Crippen LogP contribution in [-0.2, 0) is 25.9 Å². The van der Waals surface area contributed by atoms with Crippen LogP contribution in [0, 0.1) is 17.8 Å². The van der Waals surface area contributed by atoms with Crippen LogP contribution in [0.25, 0.3) is 10.9 Å². The van der Waals surface area contributed by atoms with Gasteiger partial charge in [0.05, 0.1) is 41.0 Å². The summed E-state index contributed by atoms with van der Waals surface area (Å²) >= 11 is 0. The second-order valence-electron chi connectivity index (χ2n) is 12.1. The molecule has 1 aliphatic rings. The molecule has 1 amide bonds. The first-order valence-electron chi connectivity index (χ1n) is 15.3. The number of anilines is 2. The van der Waals surface area contributed by atoms with E-state index in [1.807, 2.05) is 6.07 Å². The number of carbonyl (C=O) groups excluding carboxylic acids is 1. The number of aromatic hydroxyl groups is 1. The number of amides is 1. The fraction of sp³-hybridized carbons (Fsp3) is 0.485. The Hall–Kier alpha value is -3.77. The lowest BCUT2D eigenvalue weighted by Gasteiger charge is -2.34. The van der Waals surface area contributed by atoms with Gasteiger partial charge in [0.1, 0.15) is 12.3 Å². The largest absolute Gasteiger partial charge is 0.506 e. The van der Waals surface area contributed by atoms with Crippen LogP contribution >= 0.6 is 0 Å². The maximum atomic E-state index is 13.8. The van der Waals surface area contributed by atoms with E-state index >= 15 is 0 Å². The molecule has 3 N–H and O–H groups in total. The van der Waals surface area contributed by atoms with Gasteiger partial charge in [-0.25, -0.2) is 8.42 Å². The molecule has 0 radical (unpaired) electrons. The number of β-amino-alcohol motifs (C(OH)–C–C–N with tert-alkyl or cyclic N) is 1. The molecule has 0 saturated carbocycles. The van der Waals surface area contributed by atoms with Gasteiger partial charge >= 0.3 is 6.18 Å².